The summed E-state index contributed by atoms with van der Waals surface area (Å²) in [6.45, 7) is 0. The molecule has 0 fully saturated rings. The third kappa shape index (κ3) is 251. The van der Waals surface area contributed by atoms with Crippen LogP contribution in [0, 0.1) is 0 Å². The average molecular weight is 252 g/mol. The smallest absolute Gasteiger partial charge is 0.693 e. The summed E-state index contributed by atoms with van der Waals surface area (Å²) < 4.78 is 0. The first kappa shape index (κ1) is 63.9. The van der Waals surface area contributed by atoms with E-state index >= 15 is 0 Å². The van der Waals surface area contributed by atoms with Gasteiger partial charge in [-0.15, -0.1) is 0 Å². The van der Waals surface area contributed by atoms with Gasteiger partial charge in [-0.05, 0) is 0 Å². The molecule has 10 N–H and O–H groups in total. The van der Waals surface area contributed by atoms with Crippen LogP contribution in [0.1, 0.15) is 0 Å². The van der Waals surface area contributed by atoms with E-state index in [1.807, 2.05) is 0 Å². The molecule has 0 aliphatic rings. The van der Waals surface area contributed by atoms with Crippen molar-refractivity contribution >= 4 is 19.4 Å². The quantitative estimate of drug-likeness (QED) is 0.531. The zero-order chi connectivity index (χ0) is 2.71. The molecular formula is H10Cl2N5Ru-5. The van der Waals surface area contributed by atoms with E-state index in [0.29, 0.717) is 0 Å². The molecule has 0 aliphatic carbocycles. The number of nitrogens with two attached hydrogens (primary N) is 5. The first-order valence-electron chi connectivity index (χ1n) is 0.267. The van der Waals surface area contributed by atoms with Gasteiger partial charge in [-0.2, -0.15) is 0 Å². The summed E-state index contributed by atoms with van der Waals surface area (Å²) in [5.41, 5.74) is 0. The predicted molar refractivity (Wildman–Crippen MR) is 38.1 cm³/mol. The minimum absolute atomic E-state index is 0. The Kier molecular flexibility index (Phi) is 782. The fourth-order valence-electron chi connectivity index (χ4n) is 0. The van der Waals surface area contributed by atoms with Crippen molar-refractivity contribution in [2.24, 2.45) is 0 Å². The Hall–Kier alpha value is 1.00. The van der Waals surface area contributed by atoms with E-state index in [4.69, 9.17) is 19.4 Å². The molecular weight excluding hydrogens is 242 g/mol. The van der Waals surface area contributed by atoms with Crippen LogP contribution >= 0.6 is 19.4 Å². The minimum Gasteiger partial charge on any atom is -0.693 e. The van der Waals surface area contributed by atoms with Crippen molar-refractivity contribution in [3.63, 3.8) is 0 Å². The van der Waals surface area contributed by atoms with Gasteiger partial charge in [0.15, 0.2) is 0 Å². The summed E-state index contributed by atoms with van der Waals surface area (Å²) in [7, 11) is 9.71. The van der Waals surface area contributed by atoms with Crippen molar-refractivity contribution in [1.29, 1.82) is 0 Å². The zero-order valence-corrected chi connectivity index (χ0v) is 7.25. The second kappa shape index (κ2) is 97.8. The molecule has 0 spiro atoms. The molecule has 0 amide bonds. The third-order valence-electron chi connectivity index (χ3n) is 0. The third-order valence-corrected chi connectivity index (χ3v) is 0. The van der Waals surface area contributed by atoms with Crippen LogP contribution in [0.2, 0.25) is 0 Å². The summed E-state index contributed by atoms with van der Waals surface area (Å²) in [5.74, 6) is 0. The van der Waals surface area contributed by atoms with E-state index in [1.54, 1.807) is 0 Å². The van der Waals surface area contributed by atoms with E-state index in [1.165, 1.54) is 0 Å². The maximum absolute atomic E-state index is 4.85. The van der Waals surface area contributed by atoms with Gasteiger partial charge < -0.3 is 30.8 Å². The standard InChI is InChI=1S/2ClH.5H2N.Ru/h2*1H;5*1H2;/q;;5*-1;+2/p-2. The molecule has 0 bridgehead atoms. The van der Waals surface area contributed by atoms with E-state index in [0.717, 1.165) is 0 Å². The van der Waals surface area contributed by atoms with Crippen molar-refractivity contribution in [3.05, 3.63) is 30.8 Å². The van der Waals surface area contributed by atoms with Crippen LogP contribution in [0.25, 0.3) is 30.8 Å². The number of hydrogen-bond donors (Lipinski definition) is 0. The van der Waals surface area contributed by atoms with E-state index in [9.17, 15) is 0 Å². The fraction of sp³-hybridized carbons (Fsp3) is 0. The number of hydrogen-bond acceptors (Lipinski definition) is 0. The minimum atomic E-state index is -0.346. The maximum Gasteiger partial charge on any atom is -0.693 e. The molecule has 0 aliphatic heterocycles. The van der Waals surface area contributed by atoms with Crippen LogP contribution in [0.3, 0.4) is 0 Å². The second-order valence-corrected chi connectivity index (χ2v) is 2.69. The second-order valence-electron chi connectivity index (χ2n) is 0.0505. The largest absolute Gasteiger partial charge is 0.693 e. The van der Waals surface area contributed by atoms with Crippen molar-refractivity contribution in [3.8, 4) is 0 Å². The molecule has 0 aromatic carbocycles. The van der Waals surface area contributed by atoms with E-state index in [-0.39, 0.29) is 45.9 Å². The van der Waals surface area contributed by atoms with Crippen LogP contribution in [0.15, 0.2) is 0 Å². The molecule has 0 heterocycles. The van der Waals surface area contributed by atoms with Crippen LogP contribution in [-0.2, 0) is 15.1 Å². The Labute approximate surface area is 65.5 Å². The molecule has 5 nitrogen and oxygen atoms in total. The van der Waals surface area contributed by atoms with Crippen molar-refractivity contribution in [2.75, 3.05) is 0 Å². The van der Waals surface area contributed by atoms with Gasteiger partial charge in [0, 0.05) is 0 Å². The first-order chi connectivity index (χ1) is 1.41. The van der Waals surface area contributed by atoms with Gasteiger partial charge in [-0.1, -0.05) is 0 Å². The van der Waals surface area contributed by atoms with Crippen molar-refractivity contribution in [1.82, 2.24) is 0 Å². The summed E-state index contributed by atoms with van der Waals surface area (Å²) in [4.78, 5) is 0. The first-order valence-corrected chi connectivity index (χ1v) is 4.74. The normalized spacial score (nSPS) is 2.75. The molecule has 8 heteroatoms. The van der Waals surface area contributed by atoms with Gasteiger partial charge in [-0.25, -0.2) is 0 Å². The molecule has 8 heavy (non-hydrogen) atoms. The monoisotopic (exact) mass is 252 g/mol. The van der Waals surface area contributed by atoms with E-state index < -0.39 is 0 Å². The topological polar surface area (TPSA) is 168 Å². The summed E-state index contributed by atoms with van der Waals surface area (Å²) in [5, 5.41) is 0. The maximum atomic E-state index is 4.85. The summed E-state index contributed by atoms with van der Waals surface area (Å²) in [6, 6.07) is 0. The molecule has 0 atom stereocenters. The molecule has 0 rings (SSSR count). The average Bonchev–Trinajstić information content (AvgIpc) is 0.918. The van der Waals surface area contributed by atoms with Gasteiger partial charge >= 0.3 is 34.5 Å². The van der Waals surface area contributed by atoms with Crippen molar-refractivity contribution in [2.45, 2.75) is 0 Å². The predicted octanol–water partition coefficient (Wildman–Crippen LogP) is 4.96. The van der Waals surface area contributed by atoms with Crippen LogP contribution < -0.4 is 0 Å². The molecule has 0 saturated heterocycles. The Morgan fingerprint density at radius 3 is 0.625 bits per heavy atom. The molecule has 0 aromatic rings. The van der Waals surface area contributed by atoms with Gasteiger partial charge in [-0.3, -0.25) is 0 Å². The van der Waals surface area contributed by atoms with Gasteiger partial charge in [0.2, 0.25) is 0 Å². The number of halogens is 2. The van der Waals surface area contributed by atoms with E-state index in [2.05, 4.69) is 0 Å². The molecule has 0 saturated carbocycles. The Morgan fingerprint density at radius 2 is 0.625 bits per heavy atom. The summed E-state index contributed by atoms with van der Waals surface area (Å²) in [6.07, 6.45) is 0. The van der Waals surface area contributed by atoms with Gasteiger partial charge in [0.1, 0.15) is 0 Å². The SMILES string of the molecule is [Cl][Ru][Cl].[NH2-].[NH2-].[NH2-].[NH2-].[NH2-]. The zero-order valence-electron chi connectivity index (χ0n) is 4.00. The molecule has 0 aromatic heterocycles. The van der Waals surface area contributed by atoms with Crippen molar-refractivity contribution < 1.29 is 15.1 Å². The molecule has 0 unspecified atom stereocenters. The number of rotatable bonds is 0. The van der Waals surface area contributed by atoms with Gasteiger partial charge in [0.05, 0.1) is 0 Å². The summed E-state index contributed by atoms with van der Waals surface area (Å²) >= 11 is -0.346. The van der Waals surface area contributed by atoms with Gasteiger partial charge in [0.25, 0.3) is 0 Å². The van der Waals surface area contributed by atoms with Crippen LogP contribution in [0.4, 0.5) is 0 Å². The fourth-order valence-corrected chi connectivity index (χ4v) is 0. The Balaban J connectivity index is -0.00000000200. The van der Waals surface area contributed by atoms with Crippen LogP contribution in [-0.4, -0.2) is 0 Å². The Morgan fingerprint density at radius 1 is 0.625 bits per heavy atom. The molecule has 62 valence electrons. The van der Waals surface area contributed by atoms with Crippen LogP contribution in [0.5, 0.6) is 0 Å². The molecule has 0 radical (unpaired) electrons. The Bertz CT molecular complexity index is 10.4.